The summed E-state index contributed by atoms with van der Waals surface area (Å²) in [6.45, 7) is 0. The highest BCUT2D eigenvalue weighted by Crippen LogP contribution is 2.40. The summed E-state index contributed by atoms with van der Waals surface area (Å²) in [7, 11) is -2.55. The molecular formula is C20H20ClN3O6S. The zero-order valence-electron chi connectivity index (χ0n) is 16.5. The number of rotatable bonds is 8. The van der Waals surface area contributed by atoms with Crippen LogP contribution in [0.15, 0.2) is 51.9 Å². The van der Waals surface area contributed by atoms with Gasteiger partial charge in [0.25, 0.3) is 0 Å². The van der Waals surface area contributed by atoms with E-state index in [4.69, 9.17) is 31.2 Å². The van der Waals surface area contributed by atoms with Crippen LogP contribution in [-0.2, 0) is 21.2 Å². The molecular weight excluding hydrogens is 446 g/mol. The molecule has 9 nitrogen and oxygen atoms in total. The molecule has 1 heterocycles. The number of hydrogen-bond donors (Lipinski definition) is 3. The summed E-state index contributed by atoms with van der Waals surface area (Å²) < 4.78 is 35.1. The number of halogens is 1. The van der Waals surface area contributed by atoms with Crippen molar-refractivity contribution in [2.75, 3.05) is 7.11 Å². The molecule has 0 saturated heterocycles. The van der Waals surface area contributed by atoms with Crippen molar-refractivity contribution in [1.29, 1.82) is 0 Å². The maximum absolute atomic E-state index is 12.2. The van der Waals surface area contributed by atoms with Gasteiger partial charge in [0.05, 0.1) is 22.6 Å². The van der Waals surface area contributed by atoms with E-state index in [1.807, 2.05) is 0 Å². The van der Waals surface area contributed by atoms with Crippen molar-refractivity contribution in [3.8, 4) is 28.1 Å². The van der Waals surface area contributed by atoms with Crippen molar-refractivity contribution in [3.05, 3.63) is 53.2 Å². The number of carbonyl (C=O) groups is 1. The van der Waals surface area contributed by atoms with Crippen molar-refractivity contribution in [1.82, 2.24) is 10.6 Å². The van der Waals surface area contributed by atoms with Crippen molar-refractivity contribution in [2.24, 2.45) is 5.14 Å². The molecule has 0 bridgehead atoms. The number of nitrogens with zero attached hydrogens (tertiary/aromatic N) is 1. The number of nitrogens with two attached hydrogens (primary N) is 1. The third-order valence-corrected chi connectivity index (χ3v) is 5.85. The SMILES string of the molecule is COc1ccc(-c2noc(CCCC(=O)NO)c2-c2ccccc2S(N)(=O)=O)cc1Cl. The molecule has 3 rings (SSSR count). The predicted octanol–water partition coefficient (Wildman–Crippen LogP) is 3.15. The van der Waals surface area contributed by atoms with Crippen LogP contribution in [0.3, 0.4) is 0 Å². The van der Waals surface area contributed by atoms with Crippen molar-refractivity contribution >= 4 is 27.5 Å². The Morgan fingerprint density at radius 1 is 1.29 bits per heavy atom. The second-order valence-electron chi connectivity index (χ2n) is 6.61. The Kier molecular flexibility index (Phi) is 6.96. The van der Waals surface area contributed by atoms with Gasteiger partial charge in [-0.2, -0.15) is 0 Å². The van der Waals surface area contributed by atoms with E-state index in [-0.39, 0.29) is 17.7 Å². The Morgan fingerprint density at radius 2 is 2.03 bits per heavy atom. The first kappa shape index (κ1) is 22.8. The lowest BCUT2D eigenvalue weighted by molar-refractivity contribution is -0.129. The van der Waals surface area contributed by atoms with Gasteiger partial charge >= 0.3 is 0 Å². The molecule has 31 heavy (non-hydrogen) atoms. The molecule has 3 aromatic rings. The molecule has 2 aromatic carbocycles. The van der Waals surface area contributed by atoms with Gasteiger partial charge in [-0.1, -0.05) is 35.0 Å². The fraction of sp³-hybridized carbons (Fsp3) is 0.200. The number of aromatic nitrogens is 1. The predicted molar refractivity (Wildman–Crippen MR) is 113 cm³/mol. The summed E-state index contributed by atoms with van der Waals surface area (Å²) in [5.41, 5.74) is 3.25. The molecule has 0 saturated carbocycles. The van der Waals surface area contributed by atoms with E-state index in [0.717, 1.165) is 0 Å². The van der Waals surface area contributed by atoms with Gasteiger partial charge in [0, 0.05) is 24.0 Å². The Balaban J connectivity index is 2.16. The number of hydroxylamine groups is 1. The van der Waals surface area contributed by atoms with Crippen LogP contribution in [0.4, 0.5) is 0 Å². The normalized spacial score (nSPS) is 11.4. The lowest BCUT2D eigenvalue weighted by Gasteiger charge is -2.10. The maximum Gasteiger partial charge on any atom is 0.243 e. The first-order valence-corrected chi connectivity index (χ1v) is 11.1. The number of amides is 1. The van der Waals surface area contributed by atoms with E-state index < -0.39 is 15.9 Å². The summed E-state index contributed by atoms with van der Waals surface area (Å²) in [6, 6.07) is 11.2. The van der Waals surface area contributed by atoms with Gasteiger partial charge in [0.15, 0.2) is 0 Å². The van der Waals surface area contributed by atoms with Gasteiger partial charge in [0.2, 0.25) is 15.9 Å². The van der Waals surface area contributed by atoms with Crippen LogP contribution in [0.1, 0.15) is 18.6 Å². The number of carbonyl (C=O) groups excluding carboxylic acids is 1. The minimum absolute atomic E-state index is 0.0389. The number of benzene rings is 2. The number of ether oxygens (including phenoxy) is 1. The minimum atomic E-state index is -4.04. The first-order chi connectivity index (χ1) is 14.8. The minimum Gasteiger partial charge on any atom is -0.495 e. The van der Waals surface area contributed by atoms with Crippen LogP contribution in [0, 0.1) is 0 Å². The van der Waals surface area contributed by atoms with Gasteiger partial charge < -0.3 is 9.26 Å². The van der Waals surface area contributed by atoms with Crippen molar-refractivity contribution < 1.29 is 27.7 Å². The third-order valence-electron chi connectivity index (χ3n) is 4.58. The average molecular weight is 466 g/mol. The molecule has 0 radical (unpaired) electrons. The van der Waals surface area contributed by atoms with E-state index in [1.54, 1.807) is 41.9 Å². The molecule has 1 amide bonds. The second-order valence-corrected chi connectivity index (χ2v) is 8.55. The zero-order chi connectivity index (χ0) is 22.6. The van der Waals surface area contributed by atoms with Gasteiger partial charge in [-0.25, -0.2) is 19.0 Å². The summed E-state index contributed by atoms with van der Waals surface area (Å²) in [6.07, 6.45) is 0.630. The highest BCUT2D eigenvalue weighted by molar-refractivity contribution is 7.89. The molecule has 0 aliphatic heterocycles. The molecule has 0 spiro atoms. The van der Waals surface area contributed by atoms with Gasteiger partial charge in [-0.15, -0.1) is 0 Å². The molecule has 0 fully saturated rings. The van der Waals surface area contributed by atoms with Gasteiger partial charge in [-0.05, 0) is 30.7 Å². The largest absolute Gasteiger partial charge is 0.495 e. The van der Waals surface area contributed by atoms with Crippen LogP contribution in [0.5, 0.6) is 5.75 Å². The molecule has 0 unspecified atom stereocenters. The summed E-state index contributed by atoms with van der Waals surface area (Å²) in [4.78, 5) is 11.2. The van der Waals surface area contributed by atoms with E-state index in [9.17, 15) is 13.2 Å². The van der Waals surface area contributed by atoms with Gasteiger partial charge in [-0.3, -0.25) is 10.0 Å². The van der Waals surface area contributed by atoms with E-state index >= 15 is 0 Å². The topological polar surface area (TPSA) is 145 Å². The van der Waals surface area contributed by atoms with Crippen LogP contribution in [-0.4, -0.2) is 31.8 Å². The number of sulfonamides is 1. The third kappa shape index (κ3) is 5.05. The maximum atomic E-state index is 12.2. The molecule has 0 aliphatic carbocycles. The van der Waals surface area contributed by atoms with E-state index in [2.05, 4.69) is 5.16 Å². The molecule has 4 N–H and O–H groups in total. The fourth-order valence-electron chi connectivity index (χ4n) is 3.17. The molecule has 164 valence electrons. The fourth-order valence-corrected chi connectivity index (χ4v) is 4.17. The number of methoxy groups -OCH3 is 1. The van der Waals surface area contributed by atoms with Crippen LogP contribution in [0.25, 0.3) is 22.4 Å². The lowest BCUT2D eigenvalue weighted by Crippen LogP contribution is -2.18. The highest BCUT2D eigenvalue weighted by atomic mass is 35.5. The van der Waals surface area contributed by atoms with Crippen molar-refractivity contribution in [2.45, 2.75) is 24.2 Å². The first-order valence-electron chi connectivity index (χ1n) is 9.14. The summed E-state index contributed by atoms with van der Waals surface area (Å²) in [5.74, 6) is 0.285. The molecule has 1 aromatic heterocycles. The standard InChI is InChI=1S/C20H20ClN3O6S/c1-29-15-10-9-12(11-14(15)21)20-19(13-5-2-3-7-17(13)31(22,27)28)16(30-24-20)6-4-8-18(25)23-26/h2-3,5,7,9-11,26H,4,6,8H2,1H3,(H,23,25)(H2,22,27,28). The van der Waals surface area contributed by atoms with Crippen molar-refractivity contribution in [3.63, 3.8) is 0 Å². The molecule has 0 atom stereocenters. The van der Waals surface area contributed by atoms with E-state index in [0.29, 0.717) is 45.3 Å². The summed E-state index contributed by atoms with van der Waals surface area (Å²) in [5, 5.41) is 18.6. The van der Waals surface area contributed by atoms with E-state index in [1.165, 1.54) is 13.2 Å². The van der Waals surface area contributed by atoms with Gasteiger partial charge in [0.1, 0.15) is 17.2 Å². The molecule has 0 aliphatic rings. The Morgan fingerprint density at radius 3 is 2.68 bits per heavy atom. The number of nitrogens with one attached hydrogen (secondary N) is 1. The van der Waals surface area contributed by atoms with Crippen LogP contribution < -0.4 is 15.4 Å². The molecule has 11 heteroatoms. The monoisotopic (exact) mass is 465 g/mol. The Labute approximate surface area is 183 Å². The Hall–Kier alpha value is -2.92. The highest BCUT2D eigenvalue weighted by Gasteiger charge is 2.25. The number of aryl methyl sites for hydroxylation is 1. The smallest absolute Gasteiger partial charge is 0.243 e. The zero-order valence-corrected chi connectivity index (χ0v) is 18.0. The second kappa shape index (κ2) is 9.48. The number of hydrogen-bond acceptors (Lipinski definition) is 7. The average Bonchev–Trinajstić information content (AvgIpc) is 3.16. The summed E-state index contributed by atoms with van der Waals surface area (Å²) >= 11 is 6.26. The lowest BCUT2D eigenvalue weighted by atomic mass is 9.97. The van der Waals surface area contributed by atoms with Crippen LogP contribution >= 0.6 is 11.6 Å². The number of primary sulfonamides is 1. The van der Waals surface area contributed by atoms with Crippen LogP contribution in [0.2, 0.25) is 5.02 Å². The quantitative estimate of drug-likeness (QED) is 0.342. The Bertz CT molecular complexity index is 1210.